The number of rotatable bonds is 24. The monoisotopic (exact) mass is 1430 g/mol. The van der Waals surface area contributed by atoms with E-state index in [9.17, 15) is 23.5 Å². The molecule has 3 aromatic heterocycles. The van der Waals surface area contributed by atoms with Crippen molar-refractivity contribution in [1.29, 1.82) is 0 Å². The van der Waals surface area contributed by atoms with Crippen molar-refractivity contribution in [1.82, 2.24) is 29.5 Å². The molecule has 4 aliphatic carbocycles. The molecule has 1 saturated heterocycles. The highest BCUT2D eigenvalue weighted by atomic mass is 32.3. The van der Waals surface area contributed by atoms with E-state index in [4.69, 9.17) is 32.9 Å². The van der Waals surface area contributed by atoms with Gasteiger partial charge in [-0.3, -0.25) is 19.7 Å². The highest BCUT2D eigenvalue weighted by Crippen LogP contribution is 2.72. The Hall–Kier alpha value is -6.53. The third-order valence-electron chi connectivity index (χ3n) is 21.7. The second-order valence-electron chi connectivity index (χ2n) is 34.6. The summed E-state index contributed by atoms with van der Waals surface area (Å²) in [6.07, 6.45) is 10.4. The molecule has 3 N–H and O–H groups in total. The van der Waals surface area contributed by atoms with Crippen LogP contribution in [0, 0.1) is 28.6 Å². The van der Waals surface area contributed by atoms with Crippen molar-refractivity contribution in [2.45, 2.75) is 202 Å². The third kappa shape index (κ3) is 16.8. The summed E-state index contributed by atoms with van der Waals surface area (Å²) in [7, 11) is -6.98. The Kier molecular flexibility index (Phi) is 20.9. The number of piperidine rings is 1. The first-order chi connectivity index (χ1) is 47.5. The molecule has 6 aliphatic rings. The molecule has 0 spiro atoms. The van der Waals surface area contributed by atoms with E-state index in [2.05, 4.69) is 147 Å². The molecule has 2 atom stereocenters. The number of pyridine rings is 1. The van der Waals surface area contributed by atoms with E-state index in [1.54, 1.807) is 4.90 Å². The van der Waals surface area contributed by atoms with E-state index in [0.717, 1.165) is 71.1 Å². The summed E-state index contributed by atoms with van der Waals surface area (Å²) in [5.41, 5.74) is 3.80. The van der Waals surface area contributed by atoms with Crippen LogP contribution in [0.4, 0.5) is 15.7 Å². The van der Waals surface area contributed by atoms with Crippen molar-refractivity contribution in [3.8, 4) is 11.1 Å². The average molecular weight is 1440 g/mol. The molecule has 2 amide bonds. The minimum absolute atomic E-state index is 0.0405. The molecule has 0 radical (unpaired) electrons. The van der Waals surface area contributed by atoms with Crippen LogP contribution in [-0.2, 0) is 42.3 Å². The van der Waals surface area contributed by atoms with Crippen molar-refractivity contribution in [3.05, 3.63) is 150 Å². The van der Waals surface area contributed by atoms with Gasteiger partial charge in [0.2, 0.25) is 0 Å². The number of nitrogens with zero attached hydrogens (tertiary/aromatic N) is 7. The lowest BCUT2D eigenvalue weighted by Crippen LogP contribution is -2.66. The van der Waals surface area contributed by atoms with Crippen LogP contribution < -0.4 is 20.6 Å². The van der Waals surface area contributed by atoms with Crippen molar-refractivity contribution in [2.24, 2.45) is 21.7 Å². The molecular formula is C80H110N8O10S2Si. The molecule has 21 heteroatoms. The Bertz CT molecular complexity index is 4020. The smallest absolute Gasteiger partial charge is 0.410 e. The summed E-state index contributed by atoms with van der Waals surface area (Å²) < 4.78 is 59.8. The van der Waals surface area contributed by atoms with Gasteiger partial charge in [0.1, 0.15) is 17.0 Å². The van der Waals surface area contributed by atoms with Crippen molar-refractivity contribution >= 4 is 80.0 Å². The first-order valence-electron chi connectivity index (χ1n) is 36.5. The SMILES string of the molecule is Cc1c(-c2ccc(N3CCc4cccc(C(=O)Nc5nc6ccccc6s5)c4C3)nc2C(=O)OC(C)(C)C)cnn1CC12CC3(C)CC(C)(C1)CC(OCCN(CC[SH2](O)(O)OCC(C)(C)CCO[Si](c1ccccc1)(c1ccccc1)C(C)(C)C)C1CCN(C(=O)OC(C)(C)C)CC1)(C3)C2. The summed E-state index contributed by atoms with van der Waals surface area (Å²) in [5, 5.41) is 11.0. The Balaban J connectivity index is 0.733. The molecule has 7 aromatic rings. The van der Waals surface area contributed by atoms with Gasteiger partial charge >= 0.3 is 12.1 Å². The van der Waals surface area contributed by atoms with E-state index < -0.39 is 41.8 Å². The van der Waals surface area contributed by atoms with E-state index >= 15 is 0 Å². The maximum Gasteiger partial charge on any atom is 0.410 e. The molecule has 546 valence electrons. The molecule has 18 nitrogen and oxygen atoms in total. The fourth-order valence-electron chi connectivity index (χ4n) is 18.3. The molecule has 4 saturated carbocycles. The van der Waals surface area contributed by atoms with E-state index in [1.807, 2.05) is 96.3 Å². The number of likely N-dealkylation sites (tertiary alicyclic amines) is 1. The summed E-state index contributed by atoms with van der Waals surface area (Å²) in [5.74, 6) is -0.0371. The zero-order valence-corrected chi connectivity index (χ0v) is 65.0. The van der Waals surface area contributed by atoms with Gasteiger partial charge in [0.15, 0.2) is 10.8 Å². The number of hydrogen-bond acceptors (Lipinski definition) is 16. The predicted molar refractivity (Wildman–Crippen MR) is 410 cm³/mol. The number of para-hydroxylation sites is 1. The number of amides is 2. The van der Waals surface area contributed by atoms with Crippen LogP contribution in [0.1, 0.15) is 185 Å². The van der Waals surface area contributed by atoms with E-state index in [-0.39, 0.29) is 63.0 Å². The van der Waals surface area contributed by atoms with Gasteiger partial charge in [0, 0.05) is 86.6 Å². The number of carbonyl (C=O) groups is 3. The number of hydrogen-bond donors (Lipinski definition) is 3. The number of aromatic nitrogens is 4. The summed E-state index contributed by atoms with van der Waals surface area (Å²) in [6.45, 7) is 34.3. The molecular weight excluding hydrogens is 1330 g/mol. The number of carbonyl (C=O) groups excluding carboxylic acids is 3. The largest absolute Gasteiger partial charge is 0.455 e. The molecule has 4 aromatic carbocycles. The predicted octanol–water partition coefficient (Wildman–Crippen LogP) is 15.6. The van der Waals surface area contributed by atoms with Crippen LogP contribution in [0.25, 0.3) is 21.3 Å². The first-order valence-corrected chi connectivity index (χ1v) is 41.3. The standard InChI is InChI=1S/C80H110N8O10S2Si/c1-56-63(61-32-33-67(83-68(61)70(90)97-73(2,3)4)87-38-34-57-24-23-29-62(64(57)47-87)69(89)84-71-82-65-30-21-22-31-66(65)99-71)46-81-88(56)54-79-49-77(13)48-78(14,50-79)52-80(51-77,53-79)94-44-41-85(58-35-39-86(40-36-58)72(91)98-74(5,6)7)42-45-100(92,93)95-55-76(11,12)37-43-96-101(75(8,9)10,59-25-17-15-18-26-59)60-27-19-16-20-28-60/h15-33,46,58,92-93H,34-45,47-55,100H2,1-14H3,(H,82,84,89). The Morgan fingerprint density at radius 1 is 0.723 bits per heavy atom. The molecule has 13 rings (SSSR count). The maximum absolute atomic E-state index is 14.5. The number of ether oxygens (including phenoxy) is 3. The first kappa shape index (κ1) is 74.2. The van der Waals surface area contributed by atoms with Gasteiger partial charge < -0.3 is 41.7 Å². The maximum atomic E-state index is 14.5. The molecule has 101 heavy (non-hydrogen) atoms. The zero-order valence-electron chi connectivity index (χ0n) is 62.2. The van der Waals surface area contributed by atoms with Crippen LogP contribution in [0.15, 0.2) is 121 Å². The summed E-state index contributed by atoms with van der Waals surface area (Å²) in [4.78, 5) is 58.0. The van der Waals surface area contributed by atoms with E-state index in [1.165, 1.54) is 21.7 Å². The lowest BCUT2D eigenvalue weighted by molar-refractivity contribution is -0.249. The minimum atomic E-state index is -4.20. The lowest BCUT2D eigenvalue weighted by atomic mass is 9.39. The van der Waals surface area contributed by atoms with Gasteiger partial charge in [-0.2, -0.15) is 5.10 Å². The van der Waals surface area contributed by atoms with Crippen molar-refractivity contribution in [2.75, 3.05) is 68.5 Å². The van der Waals surface area contributed by atoms with Gasteiger partial charge in [0.25, 0.3) is 14.2 Å². The Morgan fingerprint density at radius 3 is 2.02 bits per heavy atom. The van der Waals surface area contributed by atoms with Crippen LogP contribution in [-0.4, -0.2) is 146 Å². The topological polar surface area (TPSA) is 203 Å². The normalized spacial score (nSPS) is 22.2. The number of thiazole rings is 1. The van der Waals surface area contributed by atoms with Crippen LogP contribution in [0.5, 0.6) is 0 Å². The lowest BCUT2D eigenvalue weighted by Gasteiger charge is -2.69. The number of esters is 1. The van der Waals surface area contributed by atoms with Crippen molar-refractivity contribution in [3.63, 3.8) is 0 Å². The third-order valence-corrected chi connectivity index (χ3v) is 29.2. The fourth-order valence-corrected chi connectivity index (χ4v) is 25.1. The second kappa shape index (κ2) is 28.5. The number of nitrogens with one attached hydrogen (secondary N) is 1. The van der Waals surface area contributed by atoms with Crippen LogP contribution in [0.2, 0.25) is 5.04 Å². The number of benzene rings is 4. The van der Waals surface area contributed by atoms with Crippen LogP contribution >= 0.6 is 22.2 Å². The minimum Gasteiger partial charge on any atom is -0.455 e. The molecule has 2 aliphatic heterocycles. The molecule has 2 unspecified atom stereocenters. The Labute approximate surface area is 605 Å². The summed E-state index contributed by atoms with van der Waals surface area (Å²) in [6, 6.07) is 39.0. The molecule has 4 bridgehead atoms. The van der Waals surface area contributed by atoms with Crippen LogP contribution in [0.3, 0.4) is 0 Å². The van der Waals surface area contributed by atoms with Crippen molar-refractivity contribution < 1.29 is 46.3 Å². The van der Waals surface area contributed by atoms with Gasteiger partial charge in [-0.05, 0) is 191 Å². The van der Waals surface area contributed by atoms with Gasteiger partial charge in [-0.25, -0.2) is 19.6 Å². The molecule has 5 fully saturated rings. The van der Waals surface area contributed by atoms with Gasteiger partial charge in [-0.15, -0.1) is 0 Å². The van der Waals surface area contributed by atoms with Gasteiger partial charge in [-0.1, -0.05) is 156 Å². The number of anilines is 2. The Morgan fingerprint density at radius 2 is 1.38 bits per heavy atom. The summed E-state index contributed by atoms with van der Waals surface area (Å²) >= 11 is 1.45. The second-order valence-corrected chi connectivity index (χ2v) is 42.2. The highest BCUT2D eigenvalue weighted by molar-refractivity contribution is 8.20. The highest BCUT2D eigenvalue weighted by Gasteiger charge is 2.66. The fraction of sp³-hybridized carbons (Fsp3) is 0.550. The zero-order chi connectivity index (χ0) is 72.2. The average Bonchev–Trinajstić information content (AvgIpc) is 0.727. The van der Waals surface area contributed by atoms with Gasteiger partial charge in [0.05, 0.1) is 35.2 Å². The van der Waals surface area contributed by atoms with E-state index in [0.29, 0.717) is 107 Å². The number of fused-ring (bicyclic) bond motifs is 2. The quantitative estimate of drug-likeness (QED) is 0.0380. The molecule has 5 heterocycles.